The topological polar surface area (TPSA) is 95.6 Å². The molecule has 0 radical (unpaired) electrons. The summed E-state index contributed by atoms with van der Waals surface area (Å²) in [6.07, 6.45) is 1.17. The van der Waals surface area contributed by atoms with Gasteiger partial charge >= 0.3 is 5.97 Å². The minimum Gasteiger partial charge on any atom is -0.480 e. The summed E-state index contributed by atoms with van der Waals surface area (Å²) in [5, 5.41) is 19.8. The summed E-state index contributed by atoms with van der Waals surface area (Å²) < 4.78 is 0. The molecule has 0 fully saturated rings. The zero-order chi connectivity index (χ0) is 12.3. The Morgan fingerprint density at radius 1 is 1.47 bits per heavy atom. The summed E-state index contributed by atoms with van der Waals surface area (Å²) in [5.74, 6) is -0.896. The molecule has 5 N–H and O–H groups in total. The second-order valence-corrected chi connectivity index (χ2v) is 3.60. The number of hydrogen-bond acceptors (Lipinski definition) is 4. The Kier molecular flexibility index (Phi) is 12.8. The predicted molar refractivity (Wildman–Crippen MR) is 60.7 cm³/mol. The van der Waals surface area contributed by atoms with Crippen molar-refractivity contribution < 1.29 is 15.0 Å². The van der Waals surface area contributed by atoms with Crippen LogP contribution in [-0.2, 0) is 4.79 Å². The quantitative estimate of drug-likeness (QED) is 0.512. The molecule has 0 unspecified atom stereocenters. The number of carboxylic acids is 1. The summed E-state index contributed by atoms with van der Waals surface area (Å²) in [6.45, 7) is 6.44. The minimum atomic E-state index is -0.896. The van der Waals surface area contributed by atoms with E-state index in [2.05, 4.69) is 5.32 Å². The average molecular weight is 220 g/mol. The first-order valence-electron chi connectivity index (χ1n) is 5.28. The first-order chi connectivity index (χ1) is 6.95. The Balaban J connectivity index is 0. The van der Waals surface area contributed by atoms with Crippen molar-refractivity contribution in [2.45, 2.75) is 45.7 Å². The maximum Gasteiger partial charge on any atom is 0.320 e. The second kappa shape index (κ2) is 11.4. The van der Waals surface area contributed by atoms with Crippen LogP contribution < -0.4 is 11.1 Å². The SMILES string of the molecule is CC(C)N.CCCN[C@@H](CCO)C(=O)O. The molecule has 0 amide bonds. The van der Waals surface area contributed by atoms with Gasteiger partial charge in [0.15, 0.2) is 0 Å². The second-order valence-electron chi connectivity index (χ2n) is 3.60. The number of aliphatic hydroxyl groups is 1. The summed E-state index contributed by atoms with van der Waals surface area (Å²) in [6, 6.07) is -0.264. The molecule has 5 heteroatoms. The Morgan fingerprint density at radius 2 is 1.93 bits per heavy atom. The van der Waals surface area contributed by atoms with Gasteiger partial charge in [0, 0.05) is 6.61 Å². The fourth-order valence-electron chi connectivity index (χ4n) is 0.761. The summed E-state index contributed by atoms with van der Waals surface area (Å²) in [5.41, 5.74) is 5.11. The molecule has 0 saturated carbocycles. The van der Waals surface area contributed by atoms with E-state index < -0.39 is 12.0 Å². The van der Waals surface area contributed by atoms with Crippen molar-refractivity contribution in [2.75, 3.05) is 13.2 Å². The Morgan fingerprint density at radius 3 is 2.20 bits per heavy atom. The van der Waals surface area contributed by atoms with Crippen molar-refractivity contribution in [3.8, 4) is 0 Å². The van der Waals surface area contributed by atoms with Gasteiger partial charge in [0.05, 0.1) is 0 Å². The molecule has 15 heavy (non-hydrogen) atoms. The van der Waals surface area contributed by atoms with E-state index in [1.165, 1.54) is 0 Å². The molecule has 0 aromatic rings. The highest BCUT2D eigenvalue weighted by Gasteiger charge is 2.14. The van der Waals surface area contributed by atoms with Crippen LogP contribution in [0, 0.1) is 0 Å². The molecule has 0 spiro atoms. The van der Waals surface area contributed by atoms with Crippen LogP contribution in [-0.4, -0.2) is 41.4 Å². The minimum absolute atomic E-state index is 0.0896. The molecule has 92 valence electrons. The predicted octanol–water partition coefficient (Wildman–Crippen LogP) is 0.175. The molecule has 0 heterocycles. The Bertz CT molecular complexity index is 149. The zero-order valence-electron chi connectivity index (χ0n) is 9.86. The molecular formula is C10H24N2O3. The number of hydrogen-bond donors (Lipinski definition) is 4. The van der Waals surface area contributed by atoms with Gasteiger partial charge in [-0.1, -0.05) is 20.8 Å². The molecule has 0 aliphatic rings. The van der Waals surface area contributed by atoms with Crippen molar-refractivity contribution in [3.63, 3.8) is 0 Å². The average Bonchev–Trinajstić information content (AvgIpc) is 2.10. The molecule has 0 aliphatic heterocycles. The van der Waals surface area contributed by atoms with Crippen LogP contribution in [0.15, 0.2) is 0 Å². The largest absolute Gasteiger partial charge is 0.480 e. The van der Waals surface area contributed by atoms with Crippen LogP contribution >= 0.6 is 0 Å². The summed E-state index contributed by atoms with van der Waals surface area (Å²) >= 11 is 0. The highest BCUT2D eigenvalue weighted by atomic mass is 16.4. The molecule has 0 aromatic carbocycles. The molecule has 0 aromatic heterocycles. The van der Waals surface area contributed by atoms with Crippen LogP contribution in [0.3, 0.4) is 0 Å². The number of rotatable bonds is 6. The van der Waals surface area contributed by atoms with E-state index in [-0.39, 0.29) is 13.0 Å². The van der Waals surface area contributed by atoms with E-state index in [0.29, 0.717) is 12.6 Å². The maximum absolute atomic E-state index is 10.4. The highest BCUT2D eigenvalue weighted by Crippen LogP contribution is 1.90. The van der Waals surface area contributed by atoms with Crippen LogP contribution in [0.4, 0.5) is 0 Å². The molecular weight excluding hydrogens is 196 g/mol. The molecule has 0 bridgehead atoms. The number of aliphatic hydroxyl groups excluding tert-OH is 1. The number of carbonyl (C=O) groups is 1. The number of nitrogens with one attached hydrogen (secondary N) is 1. The molecule has 1 atom stereocenters. The van der Waals surface area contributed by atoms with Gasteiger partial charge in [0.25, 0.3) is 0 Å². The number of nitrogens with two attached hydrogens (primary N) is 1. The van der Waals surface area contributed by atoms with Crippen molar-refractivity contribution in [3.05, 3.63) is 0 Å². The van der Waals surface area contributed by atoms with Crippen molar-refractivity contribution in [1.29, 1.82) is 0 Å². The summed E-state index contributed by atoms with van der Waals surface area (Å²) in [4.78, 5) is 10.4. The lowest BCUT2D eigenvalue weighted by molar-refractivity contribution is -0.139. The van der Waals surface area contributed by atoms with E-state index in [1.54, 1.807) is 0 Å². The third-order valence-corrected chi connectivity index (χ3v) is 1.36. The van der Waals surface area contributed by atoms with Crippen LogP contribution in [0.2, 0.25) is 0 Å². The van der Waals surface area contributed by atoms with Gasteiger partial charge in [-0.25, -0.2) is 0 Å². The van der Waals surface area contributed by atoms with Crippen LogP contribution in [0.5, 0.6) is 0 Å². The molecule has 5 nitrogen and oxygen atoms in total. The van der Waals surface area contributed by atoms with Gasteiger partial charge in [0.1, 0.15) is 6.04 Å². The van der Waals surface area contributed by atoms with Gasteiger partial charge < -0.3 is 21.3 Å². The number of aliphatic carboxylic acids is 1. The van der Waals surface area contributed by atoms with Crippen molar-refractivity contribution in [1.82, 2.24) is 5.32 Å². The van der Waals surface area contributed by atoms with Crippen LogP contribution in [0.25, 0.3) is 0 Å². The van der Waals surface area contributed by atoms with E-state index in [9.17, 15) is 4.79 Å². The fourth-order valence-corrected chi connectivity index (χ4v) is 0.761. The van der Waals surface area contributed by atoms with Crippen molar-refractivity contribution in [2.24, 2.45) is 5.73 Å². The lowest BCUT2D eigenvalue weighted by Gasteiger charge is -2.11. The molecule has 0 rings (SSSR count). The normalized spacial score (nSPS) is 11.9. The third kappa shape index (κ3) is 16.1. The first kappa shape index (κ1) is 16.8. The van der Waals surface area contributed by atoms with E-state index >= 15 is 0 Å². The zero-order valence-corrected chi connectivity index (χ0v) is 9.86. The van der Waals surface area contributed by atoms with Gasteiger partial charge in [-0.2, -0.15) is 0 Å². The maximum atomic E-state index is 10.4. The monoisotopic (exact) mass is 220 g/mol. The van der Waals surface area contributed by atoms with E-state index in [0.717, 1.165) is 6.42 Å². The standard InChI is InChI=1S/C7H15NO3.C3H9N/c1-2-4-8-6(3-5-9)7(10)11;1-3(2)4/h6,8-9H,2-5H2,1H3,(H,10,11);3H,4H2,1-2H3/t6-;/m0./s1. The third-order valence-electron chi connectivity index (χ3n) is 1.36. The Labute approximate surface area is 91.7 Å². The van der Waals surface area contributed by atoms with E-state index in [1.807, 2.05) is 20.8 Å². The first-order valence-corrected chi connectivity index (χ1v) is 5.28. The van der Waals surface area contributed by atoms with Gasteiger partial charge in [-0.15, -0.1) is 0 Å². The number of carboxylic acid groups (broad SMARTS) is 1. The Hall–Kier alpha value is -0.650. The van der Waals surface area contributed by atoms with Crippen molar-refractivity contribution >= 4 is 5.97 Å². The van der Waals surface area contributed by atoms with Crippen LogP contribution in [0.1, 0.15) is 33.6 Å². The lowest BCUT2D eigenvalue weighted by Crippen LogP contribution is -2.37. The highest BCUT2D eigenvalue weighted by molar-refractivity contribution is 5.73. The summed E-state index contributed by atoms with van der Waals surface area (Å²) in [7, 11) is 0. The molecule has 0 saturated heterocycles. The fraction of sp³-hybridized carbons (Fsp3) is 0.900. The lowest BCUT2D eigenvalue weighted by atomic mass is 10.2. The van der Waals surface area contributed by atoms with Gasteiger partial charge in [-0.3, -0.25) is 4.79 Å². The van der Waals surface area contributed by atoms with Gasteiger partial charge in [-0.05, 0) is 25.4 Å². The smallest absolute Gasteiger partial charge is 0.320 e. The molecule has 0 aliphatic carbocycles. The van der Waals surface area contributed by atoms with Gasteiger partial charge in [0.2, 0.25) is 0 Å². The van der Waals surface area contributed by atoms with E-state index in [4.69, 9.17) is 15.9 Å².